The van der Waals surface area contributed by atoms with Crippen LogP contribution in [0.3, 0.4) is 0 Å². The van der Waals surface area contributed by atoms with Crippen LogP contribution in [0.5, 0.6) is 0 Å². The number of rotatable bonds is 4. The number of fused-ring (bicyclic) bond motifs is 10. The van der Waals surface area contributed by atoms with Crippen LogP contribution in [0.15, 0.2) is 174 Å². The van der Waals surface area contributed by atoms with Crippen LogP contribution < -0.4 is 4.90 Å². The lowest BCUT2D eigenvalue weighted by molar-refractivity contribution is 0.669. The van der Waals surface area contributed by atoms with Crippen LogP contribution in [0.1, 0.15) is 0 Å². The van der Waals surface area contributed by atoms with E-state index in [1.54, 1.807) is 0 Å². The summed E-state index contributed by atoms with van der Waals surface area (Å²) in [6, 6.07) is 58.0. The van der Waals surface area contributed by atoms with Gasteiger partial charge in [0.15, 0.2) is 17.5 Å². The Bertz CT molecular complexity index is 2960. The predicted octanol–water partition coefficient (Wildman–Crippen LogP) is 11.6. The fraction of sp³-hybridized carbons (Fsp3) is 0. The highest BCUT2D eigenvalue weighted by Crippen LogP contribution is 2.48. The van der Waals surface area contributed by atoms with Crippen molar-refractivity contribution in [3.05, 3.63) is 170 Å². The van der Waals surface area contributed by atoms with E-state index >= 15 is 0 Å². The minimum atomic E-state index is 0.578. The molecule has 0 saturated carbocycles. The lowest BCUT2D eigenvalue weighted by Crippen LogP contribution is -2.14. The molecule has 0 N–H and O–H groups in total. The maximum absolute atomic E-state index is 6.54. The maximum atomic E-state index is 6.54. The van der Waals surface area contributed by atoms with Crippen molar-refractivity contribution in [3.8, 4) is 51.0 Å². The lowest BCUT2D eigenvalue weighted by atomic mass is 10.0. The van der Waals surface area contributed by atoms with Crippen molar-refractivity contribution < 1.29 is 4.42 Å². The van der Waals surface area contributed by atoms with E-state index in [0.29, 0.717) is 17.5 Å². The summed E-state index contributed by atoms with van der Waals surface area (Å²) >= 11 is 0. The van der Waals surface area contributed by atoms with Gasteiger partial charge in [0.1, 0.15) is 11.2 Å². The quantitative estimate of drug-likeness (QED) is 0.184. The molecule has 0 saturated heterocycles. The third kappa shape index (κ3) is 4.61. The Morgan fingerprint density at radius 2 is 1.04 bits per heavy atom. The van der Waals surface area contributed by atoms with Gasteiger partial charge >= 0.3 is 0 Å². The number of nitrogens with zero attached hydrogens (tertiary/aromatic N) is 6. The molecule has 7 nitrogen and oxygen atoms in total. The zero-order valence-electron chi connectivity index (χ0n) is 28.3. The zero-order chi connectivity index (χ0) is 34.9. The van der Waals surface area contributed by atoms with Crippen LogP contribution in [-0.4, -0.2) is 24.5 Å². The van der Waals surface area contributed by atoms with E-state index in [2.05, 4.69) is 100 Å². The number of imidazole rings is 1. The molecule has 7 heteroatoms. The van der Waals surface area contributed by atoms with Gasteiger partial charge in [-0.3, -0.25) is 9.47 Å². The van der Waals surface area contributed by atoms with Crippen molar-refractivity contribution in [1.29, 1.82) is 0 Å². The van der Waals surface area contributed by atoms with Gasteiger partial charge in [0.05, 0.1) is 22.4 Å². The second-order valence-corrected chi connectivity index (χ2v) is 13.1. The molecule has 1 aliphatic heterocycles. The number of hydrogen-bond donors (Lipinski definition) is 0. The van der Waals surface area contributed by atoms with Crippen molar-refractivity contribution in [1.82, 2.24) is 24.5 Å². The summed E-state index contributed by atoms with van der Waals surface area (Å²) in [7, 11) is 0. The summed E-state index contributed by atoms with van der Waals surface area (Å²) in [6.45, 7) is 0. The van der Waals surface area contributed by atoms with Crippen molar-refractivity contribution in [2.75, 3.05) is 4.90 Å². The molecule has 0 fully saturated rings. The van der Waals surface area contributed by atoms with E-state index in [-0.39, 0.29) is 0 Å². The molecule has 248 valence electrons. The maximum Gasteiger partial charge on any atom is 0.220 e. The molecular weight excluding hydrogens is 653 g/mol. The van der Waals surface area contributed by atoms with E-state index in [1.165, 1.54) is 0 Å². The standard InChI is InChI=1S/C46H28N6O/c1-3-14-29(15-4-1)43-48-44(30-16-5-2-6-17-30)50-45(49-43)34-20-13-25-41-42(34)35-28-31(26-27-40(35)53-41)51-37-22-10-7-18-32(37)33-19-8-11-23-38(33)52-39-24-12-9-21-36(39)47-46(51)52/h1-28H. The molecule has 0 atom stereocenters. The smallest absolute Gasteiger partial charge is 0.220 e. The molecule has 0 radical (unpaired) electrons. The number of aromatic nitrogens is 5. The largest absolute Gasteiger partial charge is 0.456 e. The van der Waals surface area contributed by atoms with E-state index in [1.807, 2.05) is 78.9 Å². The van der Waals surface area contributed by atoms with Crippen LogP contribution >= 0.6 is 0 Å². The van der Waals surface area contributed by atoms with Crippen molar-refractivity contribution in [2.45, 2.75) is 0 Å². The molecule has 4 heterocycles. The molecule has 1 aliphatic rings. The summed E-state index contributed by atoms with van der Waals surface area (Å²) in [6.07, 6.45) is 0. The Morgan fingerprint density at radius 1 is 0.434 bits per heavy atom. The summed E-state index contributed by atoms with van der Waals surface area (Å²) < 4.78 is 8.81. The summed E-state index contributed by atoms with van der Waals surface area (Å²) in [4.78, 5) is 22.6. The number of furan rings is 1. The Morgan fingerprint density at radius 3 is 1.79 bits per heavy atom. The van der Waals surface area contributed by atoms with Crippen molar-refractivity contribution in [2.24, 2.45) is 0 Å². The zero-order valence-corrected chi connectivity index (χ0v) is 28.3. The molecule has 0 bridgehead atoms. The third-order valence-electron chi connectivity index (χ3n) is 10.0. The average Bonchev–Trinajstić information content (AvgIpc) is 3.77. The summed E-state index contributed by atoms with van der Waals surface area (Å²) in [5, 5.41) is 1.89. The first kappa shape index (κ1) is 29.4. The highest BCUT2D eigenvalue weighted by molar-refractivity contribution is 6.13. The highest BCUT2D eigenvalue weighted by Gasteiger charge is 2.29. The van der Waals surface area contributed by atoms with Gasteiger partial charge in [-0.1, -0.05) is 121 Å². The van der Waals surface area contributed by atoms with Crippen molar-refractivity contribution >= 4 is 50.3 Å². The number of benzene rings is 7. The highest BCUT2D eigenvalue weighted by atomic mass is 16.3. The van der Waals surface area contributed by atoms with E-state index < -0.39 is 0 Å². The normalized spacial score (nSPS) is 12.1. The first-order chi connectivity index (χ1) is 26.3. The van der Waals surface area contributed by atoms with Gasteiger partial charge in [0.2, 0.25) is 5.95 Å². The van der Waals surface area contributed by atoms with E-state index in [9.17, 15) is 0 Å². The molecule has 10 aromatic rings. The Balaban J connectivity index is 1.17. The Hall–Kier alpha value is -7.38. The van der Waals surface area contributed by atoms with E-state index in [0.717, 1.165) is 83.8 Å². The van der Waals surface area contributed by atoms with Crippen LogP contribution in [0.2, 0.25) is 0 Å². The monoisotopic (exact) mass is 680 g/mol. The number of hydrogen-bond acceptors (Lipinski definition) is 6. The number of para-hydroxylation sites is 4. The number of anilines is 3. The second-order valence-electron chi connectivity index (χ2n) is 13.1. The molecule has 53 heavy (non-hydrogen) atoms. The van der Waals surface area contributed by atoms with Gasteiger partial charge in [-0.25, -0.2) is 19.9 Å². The van der Waals surface area contributed by atoms with Gasteiger partial charge in [-0.15, -0.1) is 0 Å². The van der Waals surface area contributed by atoms with Gasteiger partial charge < -0.3 is 4.42 Å². The minimum Gasteiger partial charge on any atom is -0.456 e. The fourth-order valence-corrected chi connectivity index (χ4v) is 7.63. The fourth-order valence-electron chi connectivity index (χ4n) is 7.63. The summed E-state index contributed by atoms with van der Waals surface area (Å²) in [5.74, 6) is 2.61. The minimum absolute atomic E-state index is 0.578. The molecule has 7 aromatic carbocycles. The second kappa shape index (κ2) is 11.6. The topological polar surface area (TPSA) is 72.9 Å². The van der Waals surface area contributed by atoms with Crippen LogP contribution in [0.25, 0.3) is 83.9 Å². The van der Waals surface area contributed by atoms with Gasteiger partial charge in [0.25, 0.3) is 0 Å². The van der Waals surface area contributed by atoms with Gasteiger partial charge in [-0.05, 0) is 48.5 Å². The molecule has 0 spiro atoms. The molecule has 3 aromatic heterocycles. The van der Waals surface area contributed by atoms with Crippen LogP contribution in [-0.2, 0) is 0 Å². The molecule has 11 rings (SSSR count). The average molecular weight is 681 g/mol. The molecular formula is C46H28N6O. The first-order valence-corrected chi connectivity index (χ1v) is 17.6. The molecule has 0 unspecified atom stereocenters. The van der Waals surface area contributed by atoms with Gasteiger partial charge in [0, 0.05) is 44.3 Å². The SMILES string of the molecule is c1ccc(-c2nc(-c3ccccc3)nc(-c3cccc4oc5ccc(N6c7ccccc7-c7ccccc7-n7c6nc6ccccc67)cc5c34)n2)cc1. The van der Waals surface area contributed by atoms with Crippen LogP contribution in [0, 0.1) is 0 Å². The third-order valence-corrected chi connectivity index (χ3v) is 10.0. The van der Waals surface area contributed by atoms with Gasteiger partial charge in [-0.2, -0.15) is 0 Å². The predicted molar refractivity (Wildman–Crippen MR) is 212 cm³/mol. The lowest BCUT2D eigenvalue weighted by Gasteiger charge is -2.24. The van der Waals surface area contributed by atoms with Crippen LogP contribution in [0.4, 0.5) is 17.3 Å². The molecule has 0 aliphatic carbocycles. The first-order valence-electron chi connectivity index (χ1n) is 17.6. The summed E-state index contributed by atoms with van der Waals surface area (Å²) in [5.41, 5.74) is 11.6. The van der Waals surface area contributed by atoms with E-state index in [4.69, 9.17) is 24.4 Å². The Labute approximate surface area is 304 Å². The Kier molecular flexibility index (Phi) is 6.42. The molecule has 0 amide bonds. The van der Waals surface area contributed by atoms with Crippen molar-refractivity contribution in [3.63, 3.8) is 0 Å².